The van der Waals surface area contributed by atoms with Crippen LogP contribution in [-0.2, 0) is 21.4 Å². The Morgan fingerprint density at radius 1 is 1.28 bits per heavy atom. The fourth-order valence-corrected chi connectivity index (χ4v) is 4.82. The van der Waals surface area contributed by atoms with Crippen LogP contribution in [0.25, 0.3) is 0 Å². The second-order valence-electron chi connectivity index (χ2n) is 7.06. The molecule has 0 bridgehead atoms. The largest absolute Gasteiger partial charge is 0.497 e. The summed E-state index contributed by atoms with van der Waals surface area (Å²) in [6.07, 6.45) is 3.72. The molecule has 3 rings (SSSR count). The third kappa shape index (κ3) is 4.84. The fourth-order valence-electron chi connectivity index (χ4n) is 3.08. The van der Waals surface area contributed by atoms with Crippen LogP contribution in [0.3, 0.4) is 0 Å². The average Bonchev–Trinajstić information content (AvgIpc) is 3.56. The Bertz CT molecular complexity index is 958. The molecular weight excluding hydrogens is 394 g/mol. The van der Waals surface area contributed by atoms with Gasteiger partial charge in [-0.1, -0.05) is 25.5 Å². The molecule has 2 aromatic rings. The molecule has 0 aliphatic heterocycles. The van der Waals surface area contributed by atoms with Gasteiger partial charge in [0.15, 0.2) is 0 Å². The van der Waals surface area contributed by atoms with E-state index in [1.165, 1.54) is 16.6 Å². The van der Waals surface area contributed by atoms with Gasteiger partial charge >= 0.3 is 5.97 Å². The van der Waals surface area contributed by atoms with Crippen LogP contribution in [0.1, 0.15) is 49.8 Å². The van der Waals surface area contributed by atoms with Gasteiger partial charge in [-0.25, -0.2) is 22.7 Å². The Labute approximate surface area is 170 Å². The number of rotatable bonds is 10. The number of hydrogen-bond donors (Lipinski definition) is 1. The van der Waals surface area contributed by atoms with E-state index in [2.05, 4.69) is 9.97 Å². The van der Waals surface area contributed by atoms with Crippen molar-refractivity contribution in [3.05, 3.63) is 47.8 Å². The first-order valence-electron chi connectivity index (χ1n) is 9.57. The zero-order valence-electron chi connectivity index (χ0n) is 16.5. The Morgan fingerprint density at radius 3 is 2.52 bits per heavy atom. The summed E-state index contributed by atoms with van der Waals surface area (Å²) < 4.78 is 32.5. The van der Waals surface area contributed by atoms with Crippen LogP contribution in [0.2, 0.25) is 0 Å². The number of nitrogens with zero attached hydrogens (tertiary/aromatic N) is 3. The first-order chi connectivity index (χ1) is 13.9. The van der Waals surface area contributed by atoms with E-state index in [9.17, 15) is 18.3 Å². The molecule has 8 nitrogen and oxygen atoms in total. The number of aromatic nitrogens is 2. The van der Waals surface area contributed by atoms with E-state index in [1.807, 2.05) is 6.92 Å². The van der Waals surface area contributed by atoms with Crippen LogP contribution in [0.5, 0.6) is 5.75 Å². The van der Waals surface area contributed by atoms with Crippen molar-refractivity contribution < 1.29 is 23.1 Å². The molecule has 0 amide bonds. The van der Waals surface area contributed by atoms with Crippen LogP contribution in [-0.4, -0.2) is 41.8 Å². The van der Waals surface area contributed by atoms with E-state index in [4.69, 9.17) is 4.74 Å². The number of benzene rings is 1. The summed E-state index contributed by atoms with van der Waals surface area (Å²) in [6.45, 7) is 1.96. The second kappa shape index (κ2) is 8.77. The van der Waals surface area contributed by atoms with Crippen LogP contribution >= 0.6 is 0 Å². The van der Waals surface area contributed by atoms with Gasteiger partial charge in [0.05, 0.1) is 30.5 Å². The van der Waals surface area contributed by atoms with E-state index in [-0.39, 0.29) is 12.5 Å². The van der Waals surface area contributed by atoms with Gasteiger partial charge in [0, 0.05) is 6.20 Å². The van der Waals surface area contributed by atoms with E-state index >= 15 is 0 Å². The number of carboxylic acids is 1. The third-order valence-electron chi connectivity index (χ3n) is 4.86. The number of aliphatic carboxylic acids is 1. The van der Waals surface area contributed by atoms with Crippen molar-refractivity contribution in [2.24, 2.45) is 0 Å². The Kier molecular flexibility index (Phi) is 6.36. The van der Waals surface area contributed by atoms with Gasteiger partial charge in [-0.05, 0) is 43.0 Å². The molecule has 0 saturated heterocycles. The predicted octanol–water partition coefficient (Wildman–Crippen LogP) is 2.95. The van der Waals surface area contributed by atoms with Crippen molar-refractivity contribution in [3.8, 4) is 5.75 Å². The van der Waals surface area contributed by atoms with Crippen molar-refractivity contribution in [2.75, 3.05) is 11.4 Å². The normalized spacial score (nSPS) is 15.0. The molecular formula is C20H25N3O5S. The number of ether oxygens (including phenoxy) is 1. The van der Waals surface area contributed by atoms with E-state index in [0.29, 0.717) is 37.1 Å². The maximum absolute atomic E-state index is 13.1. The molecule has 1 aromatic heterocycles. The molecule has 1 saturated carbocycles. The lowest BCUT2D eigenvalue weighted by Gasteiger charge is -2.23. The Morgan fingerprint density at radius 2 is 1.97 bits per heavy atom. The van der Waals surface area contributed by atoms with Gasteiger partial charge in [-0.2, -0.15) is 0 Å². The summed E-state index contributed by atoms with van der Waals surface area (Å²) in [4.78, 5) is 20.1. The highest BCUT2D eigenvalue weighted by Gasteiger charge is 2.41. The molecule has 1 aliphatic carbocycles. The monoisotopic (exact) mass is 419 g/mol. The number of anilines is 1. The minimum absolute atomic E-state index is 0.00701. The molecule has 29 heavy (non-hydrogen) atoms. The van der Waals surface area contributed by atoms with Crippen LogP contribution in [0.4, 0.5) is 5.95 Å². The van der Waals surface area contributed by atoms with Crippen LogP contribution in [0, 0.1) is 0 Å². The fraction of sp³-hybridized carbons (Fsp3) is 0.450. The molecule has 156 valence electrons. The maximum atomic E-state index is 13.1. The number of sulfonamides is 1. The third-order valence-corrected chi connectivity index (χ3v) is 7.08. The average molecular weight is 420 g/mol. The standard InChI is InChI=1S/C20H25N3O5S/c1-3-4-17(19(24)25)18-11-12-21-20(22-18)23(29(26,27)16-9-10-16)13-14-5-7-15(28-2)8-6-14/h5-8,11-12,16-17H,3-4,9-10,13H2,1-2H3,(H,24,25). The number of carbonyl (C=O) groups is 1. The van der Waals surface area contributed by atoms with Gasteiger partial charge in [-0.3, -0.25) is 4.79 Å². The molecule has 1 unspecified atom stereocenters. The van der Waals surface area contributed by atoms with Crippen molar-refractivity contribution in [2.45, 2.75) is 50.3 Å². The number of methoxy groups -OCH3 is 1. The Balaban J connectivity index is 1.97. The highest BCUT2D eigenvalue weighted by atomic mass is 32.2. The smallest absolute Gasteiger partial charge is 0.312 e. The highest BCUT2D eigenvalue weighted by Crippen LogP contribution is 2.34. The minimum atomic E-state index is -3.64. The Hall–Kier alpha value is -2.68. The molecule has 1 heterocycles. The highest BCUT2D eigenvalue weighted by molar-refractivity contribution is 7.93. The molecule has 1 N–H and O–H groups in total. The van der Waals surface area contributed by atoms with Crippen molar-refractivity contribution >= 4 is 21.9 Å². The molecule has 0 radical (unpaired) electrons. The molecule has 1 atom stereocenters. The SMILES string of the molecule is CCCC(C(=O)O)c1ccnc(N(Cc2ccc(OC)cc2)S(=O)(=O)C2CC2)n1. The van der Waals surface area contributed by atoms with Gasteiger partial charge in [0.1, 0.15) is 5.75 Å². The minimum Gasteiger partial charge on any atom is -0.497 e. The molecule has 0 spiro atoms. The quantitative estimate of drug-likeness (QED) is 0.630. The second-order valence-corrected chi connectivity index (χ2v) is 9.20. The summed E-state index contributed by atoms with van der Waals surface area (Å²) in [5.74, 6) is -1.10. The zero-order valence-corrected chi connectivity index (χ0v) is 17.3. The summed E-state index contributed by atoms with van der Waals surface area (Å²) in [5, 5.41) is 9.08. The summed E-state index contributed by atoms with van der Waals surface area (Å²) in [7, 11) is -2.08. The number of hydrogen-bond acceptors (Lipinski definition) is 6. The molecule has 1 aliphatic rings. The topological polar surface area (TPSA) is 110 Å². The van der Waals surface area contributed by atoms with Crippen LogP contribution in [0.15, 0.2) is 36.5 Å². The summed E-state index contributed by atoms with van der Waals surface area (Å²) in [5.41, 5.74) is 1.07. The van der Waals surface area contributed by atoms with Crippen molar-refractivity contribution in [3.63, 3.8) is 0 Å². The molecule has 1 aromatic carbocycles. The zero-order chi connectivity index (χ0) is 21.0. The van der Waals surface area contributed by atoms with E-state index < -0.39 is 27.2 Å². The van der Waals surface area contributed by atoms with E-state index in [0.717, 1.165) is 5.56 Å². The maximum Gasteiger partial charge on any atom is 0.312 e. The molecule has 1 fully saturated rings. The lowest BCUT2D eigenvalue weighted by molar-refractivity contribution is -0.139. The van der Waals surface area contributed by atoms with Crippen LogP contribution < -0.4 is 9.04 Å². The lowest BCUT2D eigenvalue weighted by atomic mass is 10.00. The van der Waals surface area contributed by atoms with Gasteiger partial charge in [-0.15, -0.1) is 0 Å². The van der Waals surface area contributed by atoms with Gasteiger partial charge < -0.3 is 9.84 Å². The predicted molar refractivity (Wildman–Crippen MR) is 108 cm³/mol. The first-order valence-corrected chi connectivity index (χ1v) is 11.1. The van der Waals surface area contributed by atoms with E-state index in [1.54, 1.807) is 31.4 Å². The lowest BCUT2D eigenvalue weighted by Crippen LogP contribution is -2.35. The van der Waals surface area contributed by atoms with Crippen molar-refractivity contribution in [1.82, 2.24) is 9.97 Å². The summed E-state index contributed by atoms with van der Waals surface area (Å²) >= 11 is 0. The first kappa shape index (κ1) is 21.0. The summed E-state index contributed by atoms with van der Waals surface area (Å²) in [6, 6.07) is 8.63. The van der Waals surface area contributed by atoms with Crippen molar-refractivity contribution in [1.29, 1.82) is 0 Å². The number of carboxylic acid groups (broad SMARTS) is 1. The molecule has 9 heteroatoms. The van der Waals surface area contributed by atoms with Gasteiger partial charge in [0.2, 0.25) is 16.0 Å². The van der Waals surface area contributed by atoms with Gasteiger partial charge in [0.25, 0.3) is 0 Å².